The topological polar surface area (TPSA) is 45.7 Å². The number of pyridine rings is 1. The van der Waals surface area contributed by atoms with Gasteiger partial charge in [0.2, 0.25) is 5.88 Å². The Morgan fingerprint density at radius 1 is 1.12 bits per heavy atom. The van der Waals surface area contributed by atoms with E-state index >= 15 is 0 Å². The van der Waals surface area contributed by atoms with Gasteiger partial charge < -0.3 is 14.5 Å². The highest BCUT2D eigenvalue weighted by Crippen LogP contribution is 2.25. The lowest BCUT2D eigenvalue weighted by Crippen LogP contribution is -2.34. The number of carbonyl (C=O) groups is 1. The standard InChI is InChI=1S/C18H20BrN3O2/c1-21-10-3-11-22(13-12-21)18(23)16-4-2-9-20-17(16)24-15-7-5-14(19)6-8-15/h2,4-9H,3,10-13H2,1H3. The number of aromatic nitrogens is 1. The fourth-order valence-electron chi connectivity index (χ4n) is 2.67. The molecule has 3 rings (SSSR count). The van der Waals surface area contributed by atoms with Crippen molar-refractivity contribution in [3.63, 3.8) is 0 Å². The molecule has 0 saturated carbocycles. The van der Waals surface area contributed by atoms with Crippen molar-refractivity contribution >= 4 is 21.8 Å². The van der Waals surface area contributed by atoms with Crippen LogP contribution in [0, 0.1) is 0 Å². The summed E-state index contributed by atoms with van der Waals surface area (Å²) in [6.07, 6.45) is 2.62. The number of amides is 1. The Hall–Kier alpha value is -1.92. The van der Waals surface area contributed by atoms with Crippen LogP contribution < -0.4 is 4.74 Å². The molecule has 24 heavy (non-hydrogen) atoms. The molecule has 1 aliphatic heterocycles. The van der Waals surface area contributed by atoms with Gasteiger partial charge in [0.15, 0.2) is 0 Å². The van der Waals surface area contributed by atoms with E-state index in [1.54, 1.807) is 18.3 Å². The van der Waals surface area contributed by atoms with Gasteiger partial charge in [0.1, 0.15) is 11.3 Å². The summed E-state index contributed by atoms with van der Waals surface area (Å²) in [6, 6.07) is 11.0. The zero-order valence-corrected chi connectivity index (χ0v) is 15.2. The summed E-state index contributed by atoms with van der Waals surface area (Å²) in [7, 11) is 2.08. The van der Waals surface area contributed by atoms with Gasteiger partial charge in [-0.3, -0.25) is 4.79 Å². The van der Waals surface area contributed by atoms with Gasteiger partial charge in [-0.25, -0.2) is 4.98 Å². The molecular weight excluding hydrogens is 370 g/mol. The molecule has 0 radical (unpaired) electrons. The summed E-state index contributed by atoms with van der Waals surface area (Å²) in [6.45, 7) is 3.38. The smallest absolute Gasteiger partial charge is 0.259 e. The van der Waals surface area contributed by atoms with Crippen molar-refractivity contribution < 1.29 is 9.53 Å². The first-order valence-corrected chi connectivity index (χ1v) is 8.79. The first-order chi connectivity index (χ1) is 11.6. The largest absolute Gasteiger partial charge is 0.438 e. The maximum atomic E-state index is 12.9. The summed E-state index contributed by atoms with van der Waals surface area (Å²) in [5, 5.41) is 0. The second kappa shape index (κ2) is 7.77. The third-order valence-corrected chi connectivity index (χ3v) is 4.57. The van der Waals surface area contributed by atoms with E-state index < -0.39 is 0 Å². The molecular formula is C18H20BrN3O2. The molecule has 1 saturated heterocycles. The van der Waals surface area contributed by atoms with E-state index in [2.05, 4.69) is 32.9 Å². The molecule has 1 aliphatic rings. The summed E-state index contributed by atoms with van der Waals surface area (Å²) < 4.78 is 6.81. The second-order valence-corrected chi connectivity index (χ2v) is 6.78. The van der Waals surface area contributed by atoms with Crippen molar-refractivity contribution in [3.8, 4) is 11.6 Å². The van der Waals surface area contributed by atoms with Crippen LogP contribution in [-0.2, 0) is 0 Å². The van der Waals surface area contributed by atoms with E-state index in [1.807, 2.05) is 29.2 Å². The SMILES string of the molecule is CN1CCCN(C(=O)c2cccnc2Oc2ccc(Br)cc2)CC1. The Kier molecular flexibility index (Phi) is 5.48. The van der Waals surface area contributed by atoms with Gasteiger partial charge in [-0.2, -0.15) is 0 Å². The second-order valence-electron chi connectivity index (χ2n) is 5.86. The highest BCUT2D eigenvalue weighted by molar-refractivity contribution is 9.10. The number of likely N-dealkylation sites (N-methyl/N-ethyl adjacent to an activating group) is 1. The van der Waals surface area contributed by atoms with E-state index in [0.717, 1.165) is 37.1 Å². The predicted molar refractivity (Wildman–Crippen MR) is 96.5 cm³/mol. The van der Waals surface area contributed by atoms with Gasteiger partial charge in [-0.15, -0.1) is 0 Å². The minimum atomic E-state index is -0.0227. The zero-order chi connectivity index (χ0) is 16.9. The van der Waals surface area contributed by atoms with Crippen LogP contribution in [0.2, 0.25) is 0 Å². The maximum Gasteiger partial charge on any atom is 0.259 e. The lowest BCUT2D eigenvalue weighted by Gasteiger charge is -2.21. The minimum Gasteiger partial charge on any atom is -0.438 e. The zero-order valence-electron chi connectivity index (χ0n) is 13.6. The van der Waals surface area contributed by atoms with Crippen molar-refractivity contribution in [1.29, 1.82) is 0 Å². The molecule has 2 heterocycles. The molecule has 1 fully saturated rings. The number of halogens is 1. The van der Waals surface area contributed by atoms with Gasteiger partial charge >= 0.3 is 0 Å². The number of nitrogens with zero attached hydrogens (tertiary/aromatic N) is 3. The number of benzene rings is 1. The Labute approximate surface area is 150 Å². The van der Waals surface area contributed by atoms with Crippen LogP contribution >= 0.6 is 15.9 Å². The van der Waals surface area contributed by atoms with Crippen LogP contribution in [0.1, 0.15) is 16.8 Å². The lowest BCUT2D eigenvalue weighted by molar-refractivity contribution is 0.0759. The highest BCUT2D eigenvalue weighted by atomic mass is 79.9. The summed E-state index contributed by atoms with van der Waals surface area (Å²) in [4.78, 5) is 21.3. The molecule has 0 N–H and O–H groups in total. The molecule has 1 aromatic heterocycles. The molecule has 5 nitrogen and oxygen atoms in total. The maximum absolute atomic E-state index is 12.9. The van der Waals surface area contributed by atoms with E-state index in [9.17, 15) is 4.79 Å². The van der Waals surface area contributed by atoms with Gasteiger partial charge in [0.05, 0.1) is 0 Å². The van der Waals surface area contributed by atoms with E-state index in [4.69, 9.17) is 4.74 Å². The number of carbonyl (C=O) groups excluding carboxylic acids is 1. The normalized spacial score (nSPS) is 15.8. The van der Waals surface area contributed by atoms with Crippen LogP contribution in [0.3, 0.4) is 0 Å². The fourth-order valence-corrected chi connectivity index (χ4v) is 2.93. The lowest BCUT2D eigenvalue weighted by atomic mass is 10.2. The third-order valence-electron chi connectivity index (χ3n) is 4.04. The van der Waals surface area contributed by atoms with Gasteiger partial charge in [0.25, 0.3) is 5.91 Å². The average Bonchev–Trinajstić information content (AvgIpc) is 2.81. The number of rotatable bonds is 3. The van der Waals surface area contributed by atoms with Crippen LogP contribution in [-0.4, -0.2) is 53.9 Å². The molecule has 0 bridgehead atoms. The number of hydrogen-bond donors (Lipinski definition) is 0. The third kappa shape index (κ3) is 4.13. The predicted octanol–water partition coefficient (Wildman–Crippen LogP) is 3.41. The van der Waals surface area contributed by atoms with E-state index in [1.165, 1.54) is 0 Å². The molecule has 0 unspecified atom stereocenters. The van der Waals surface area contributed by atoms with Crippen LogP contribution in [0.25, 0.3) is 0 Å². The molecule has 0 spiro atoms. The highest BCUT2D eigenvalue weighted by Gasteiger charge is 2.22. The van der Waals surface area contributed by atoms with Crippen molar-refractivity contribution in [2.45, 2.75) is 6.42 Å². The first-order valence-electron chi connectivity index (χ1n) is 8.00. The van der Waals surface area contributed by atoms with Gasteiger partial charge in [0, 0.05) is 30.3 Å². The quantitative estimate of drug-likeness (QED) is 0.806. The number of ether oxygens (including phenoxy) is 1. The molecule has 126 valence electrons. The molecule has 2 aromatic rings. The molecule has 0 atom stereocenters. The summed E-state index contributed by atoms with van der Waals surface area (Å²) in [5.74, 6) is 0.981. The Morgan fingerprint density at radius 2 is 1.92 bits per heavy atom. The minimum absolute atomic E-state index is 0.0227. The van der Waals surface area contributed by atoms with E-state index in [0.29, 0.717) is 17.2 Å². The first kappa shape index (κ1) is 16.9. The Bertz CT molecular complexity index is 706. The Morgan fingerprint density at radius 3 is 2.71 bits per heavy atom. The summed E-state index contributed by atoms with van der Waals surface area (Å²) in [5.41, 5.74) is 0.505. The fraction of sp³-hybridized carbons (Fsp3) is 0.333. The Balaban J connectivity index is 1.80. The van der Waals surface area contributed by atoms with Crippen LogP contribution in [0.4, 0.5) is 0 Å². The van der Waals surface area contributed by atoms with Crippen LogP contribution in [0.5, 0.6) is 11.6 Å². The molecule has 6 heteroatoms. The van der Waals surface area contributed by atoms with Gasteiger partial charge in [-0.1, -0.05) is 15.9 Å². The molecule has 0 aliphatic carbocycles. The van der Waals surface area contributed by atoms with Crippen molar-refractivity contribution in [2.24, 2.45) is 0 Å². The van der Waals surface area contributed by atoms with Crippen LogP contribution in [0.15, 0.2) is 47.1 Å². The van der Waals surface area contributed by atoms with Gasteiger partial charge in [-0.05, 0) is 56.4 Å². The van der Waals surface area contributed by atoms with Crippen molar-refractivity contribution in [1.82, 2.24) is 14.8 Å². The van der Waals surface area contributed by atoms with E-state index in [-0.39, 0.29) is 5.91 Å². The summed E-state index contributed by atoms with van der Waals surface area (Å²) >= 11 is 3.40. The molecule has 1 aromatic carbocycles. The van der Waals surface area contributed by atoms with Crippen molar-refractivity contribution in [2.75, 3.05) is 33.2 Å². The average molecular weight is 390 g/mol. The number of hydrogen-bond acceptors (Lipinski definition) is 4. The monoisotopic (exact) mass is 389 g/mol. The van der Waals surface area contributed by atoms with Crippen molar-refractivity contribution in [3.05, 3.63) is 52.6 Å². The molecule has 1 amide bonds.